The highest BCUT2D eigenvalue weighted by Gasteiger charge is 2.20. The van der Waals surface area contributed by atoms with Gasteiger partial charge in [0.1, 0.15) is 5.82 Å². The van der Waals surface area contributed by atoms with Crippen LogP contribution in [0.2, 0.25) is 0 Å². The molecular formula is C13H15N3S. The third-order valence-corrected chi connectivity index (χ3v) is 4.26. The molecule has 0 saturated heterocycles. The number of benzene rings is 1. The van der Waals surface area contributed by atoms with Gasteiger partial charge in [-0.05, 0) is 36.5 Å². The maximum absolute atomic E-state index is 5.79. The molecule has 1 saturated carbocycles. The van der Waals surface area contributed by atoms with Crippen molar-refractivity contribution in [2.24, 2.45) is 5.92 Å². The largest absolute Gasteiger partial charge is 0.384 e. The van der Waals surface area contributed by atoms with Crippen molar-refractivity contribution in [3.8, 4) is 11.1 Å². The molecule has 2 aromatic rings. The second-order valence-electron chi connectivity index (χ2n) is 4.48. The summed E-state index contributed by atoms with van der Waals surface area (Å²) in [5.41, 5.74) is 7.89. The van der Waals surface area contributed by atoms with Gasteiger partial charge in [0, 0.05) is 16.2 Å². The second kappa shape index (κ2) is 4.45. The second-order valence-corrected chi connectivity index (χ2v) is 5.57. The van der Waals surface area contributed by atoms with Gasteiger partial charge in [0.25, 0.3) is 0 Å². The first-order valence-corrected chi connectivity index (χ1v) is 6.83. The van der Waals surface area contributed by atoms with E-state index in [1.165, 1.54) is 23.5 Å². The Morgan fingerprint density at radius 2 is 2.06 bits per heavy atom. The SMILES string of the molecule is Nc1[nH]ncc1-c1ccc(SCC2CC2)cc1. The van der Waals surface area contributed by atoms with Gasteiger partial charge in [0.2, 0.25) is 0 Å². The Labute approximate surface area is 105 Å². The Morgan fingerprint density at radius 1 is 1.29 bits per heavy atom. The normalized spacial score (nSPS) is 15.1. The Morgan fingerprint density at radius 3 is 2.65 bits per heavy atom. The Balaban J connectivity index is 1.72. The monoisotopic (exact) mass is 245 g/mol. The molecule has 0 unspecified atom stereocenters. The summed E-state index contributed by atoms with van der Waals surface area (Å²) in [4.78, 5) is 1.34. The predicted molar refractivity (Wildman–Crippen MR) is 71.9 cm³/mol. The van der Waals surface area contributed by atoms with E-state index in [0.29, 0.717) is 5.82 Å². The first-order chi connectivity index (χ1) is 8.33. The molecule has 3 rings (SSSR count). The van der Waals surface area contributed by atoms with Crippen molar-refractivity contribution in [3.63, 3.8) is 0 Å². The number of H-pyrrole nitrogens is 1. The summed E-state index contributed by atoms with van der Waals surface area (Å²) in [7, 11) is 0. The highest BCUT2D eigenvalue weighted by molar-refractivity contribution is 7.99. The fourth-order valence-corrected chi connectivity index (χ4v) is 2.85. The molecule has 3 nitrogen and oxygen atoms in total. The molecule has 0 bridgehead atoms. The van der Waals surface area contributed by atoms with E-state index in [4.69, 9.17) is 5.73 Å². The molecule has 1 aromatic carbocycles. The van der Waals surface area contributed by atoms with Crippen LogP contribution < -0.4 is 5.73 Å². The molecule has 17 heavy (non-hydrogen) atoms. The van der Waals surface area contributed by atoms with Gasteiger partial charge in [0.15, 0.2) is 0 Å². The summed E-state index contributed by atoms with van der Waals surface area (Å²) in [6.45, 7) is 0. The summed E-state index contributed by atoms with van der Waals surface area (Å²) in [6, 6.07) is 8.54. The number of nitrogens with one attached hydrogen (secondary N) is 1. The van der Waals surface area contributed by atoms with Crippen LogP contribution in [0.4, 0.5) is 5.82 Å². The predicted octanol–water partition coefficient (Wildman–Crippen LogP) is 3.16. The molecule has 0 spiro atoms. The quantitative estimate of drug-likeness (QED) is 0.813. The number of hydrogen-bond donors (Lipinski definition) is 2. The number of anilines is 1. The van der Waals surface area contributed by atoms with Gasteiger partial charge in [-0.3, -0.25) is 5.10 Å². The lowest BCUT2D eigenvalue weighted by atomic mass is 10.1. The molecule has 0 atom stereocenters. The average Bonchev–Trinajstić information content (AvgIpc) is 3.09. The van der Waals surface area contributed by atoms with Crippen molar-refractivity contribution < 1.29 is 0 Å². The number of nitrogens with zero attached hydrogens (tertiary/aromatic N) is 1. The summed E-state index contributed by atoms with van der Waals surface area (Å²) in [6.07, 6.45) is 4.59. The van der Waals surface area contributed by atoms with E-state index >= 15 is 0 Å². The lowest BCUT2D eigenvalue weighted by Crippen LogP contribution is -1.87. The van der Waals surface area contributed by atoms with Gasteiger partial charge >= 0.3 is 0 Å². The van der Waals surface area contributed by atoms with E-state index in [2.05, 4.69) is 34.5 Å². The number of nitrogens with two attached hydrogens (primary N) is 1. The van der Waals surface area contributed by atoms with Gasteiger partial charge in [-0.25, -0.2) is 0 Å². The zero-order valence-electron chi connectivity index (χ0n) is 9.52. The highest BCUT2D eigenvalue weighted by Crippen LogP contribution is 2.35. The molecule has 1 heterocycles. The van der Waals surface area contributed by atoms with Crippen molar-refractivity contribution in [2.75, 3.05) is 11.5 Å². The number of aromatic nitrogens is 2. The maximum Gasteiger partial charge on any atom is 0.126 e. The van der Waals surface area contributed by atoms with Crippen LogP contribution in [0.5, 0.6) is 0 Å². The molecule has 0 aliphatic heterocycles. The molecule has 4 heteroatoms. The Hall–Kier alpha value is -1.42. The van der Waals surface area contributed by atoms with Crippen LogP contribution in [0, 0.1) is 5.92 Å². The van der Waals surface area contributed by atoms with Crippen molar-refractivity contribution in [1.29, 1.82) is 0 Å². The molecule has 1 fully saturated rings. The molecule has 3 N–H and O–H groups in total. The van der Waals surface area contributed by atoms with E-state index in [1.807, 2.05) is 11.8 Å². The van der Waals surface area contributed by atoms with Crippen LogP contribution in [-0.2, 0) is 0 Å². The van der Waals surface area contributed by atoms with E-state index < -0.39 is 0 Å². The smallest absolute Gasteiger partial charge is 0.126 e. The lowest BCUT2D eigenvalue weighted by Gasteiger charge is -2.03. The van der Waals surface area contributed by atoms with E-state index in [1.54, 1.807) is 6.20 Å². The number of hydrogen-bond acceptors (Lipinski definition) is 3. The fourth-order valence-electron chi connectivity index (χ4n) is 1.76. The van der Waals surface area contributed by atoms with Crippen molar-refractivity contribution in [2.45, 2.75) is 17.7 Å². The van der Waals surface area contributed by atoms with E-state index in [9.17, 15) is 0 Å². The zero-order valence-corrected chi connectivity index (χ0v) is 10.3. The van der Waals surface area contributed by atoms with E-state index in [0.717, 1.165) is 17.0 Å². The van der Waals surface area contributed by atoms with Gasteiger partial charge in [-0.15, -0.1) is 11.8 Å². The minimum atomic E-state index is 0.628. The number of rotatable bonds is 4. The molecule has 0 amide bonds. The summed E-state index contributed by atoms with van der Waals surface area (Å²) in [5, 5.41) is 6.69. The van der Waals surface area contributed by atoms with E-state index in [-0.39, 0.29) is 0 Å². The first kappa shape index (κ1) is 10.7. The van der Waals surface area contributed by atoms with Crippen LogP contribution in [0.1, 0.15) is 12.8 Å². The van der Waals surface area contributed by atoms with Crippen molar-refractivity contribution in [1.82, 2.24) is 10.2 Å². The zero-order chi connectivity index (χ0) is 11.7. The molecule has 1 aromatic heterocycles. The van der Waals surface area contributed by atoms with Gasteiger partial charge < -0.3 is 5.73 Å². The van der Waals surface area contributed by atoms with Crippen LogP contribution >= 0.6 is 11.8 Å². The molecule has 88 valence electrons. The van der Waals surface area contributed by atoms with Crippen LogP contribution in [0.3, 0.4) is 0 Å². The number of thioether (sulfide) groups is 1. The fraction of sp³-hybridized carbons (Fsp3) is 0.308. The summed E-state index contributed by atoms with van der Waals surface area (Å²) < 4.78 is 0. The number of nitrogen functional groups attached to an aromatic ring is 1. The Kier molecular flexibility index (Phi) is 2.81. The standard InChI is InChI=1S/C13H15N3S/c14-13-12(7-15-16-13)10-3-5-11(6-4-10)17-8-9-1-2-9/h3-7,9H,1-2,8H2,(H3,14,15,16). The lowest BCUT2D eigenvalue weighted by molar-refractivity contribution is 1.000. The van der Waals surface area contributed by atoms with Crippen molar-refractivity contribution in [3.05, 3.63) is 30.5 Å². The van der Waals surface area contributed by atoms with Crippen LogP contribution in [0.25, 0.3) is 11.1 Å². The van der Waals surface area contributed by atoms with Gasteiger partial charge in [-0.2, -0.15) is 5.10 Å². The summed E-state index contributed by atoms with van der Waals surface area (Å²) in [5.74, 6) is 2.85. The van der Waals surface area contributed by atoms with Gasteiger partial charge in [0.05, 0.1) is 6.20 Å². The molecular weight excluding hydrogens is 230 g/mol. The van der Waals surface area contributed by atoms with Crippen LogP contribution in [-0.4, -0.2) is 16.0 Å². The van der Waals surface area contributed by atoms with Gasteiger partial charge in [-0.1, -0.05) is 12.1 Å². The highest BCUT2D eigenvalue weighted by atomic mass is 32.2. The van der Waals surface area contributed by atoms with Crippen molar-refractivity contribution >= 4 is 17.6 Å². The number of aromatic amines is 1. The minimum absolute atomic E-state index is 0.628. The maximum atomic E-state index is 5.79. The molecule has 1 aliphatic rings. The minimum Gasteiger partial charge on any atom is -0.384 e. The average molecular weight is 245 g/mol. The summed E-state index contributed by atoms with van der Waals surface area (Å²) >= 11 is 1.95. The first-order valence-electron chi connectivity index (χ1n) is 5.85. The van der Waals surface area contributed by atoms with Crippen LogP contribution in [0.15, 0.2) is 35.4 Å². The molecule has 0 radical (unpaired) electrons. The third-order valence-electron chi connectivity index (χ3n) is 3.02. The molecule has 1 aliphatic carbocycles. The third kappa shape index (κ3) is 2.47. The Bertz CT molecular complexity index is 500. The topological polar surface area (TPSA) is 54.7 Å².